The van der Waals surface area contributed by atoms with E-state index in [0.29, 0.717) is 0 Å². The first-order chi connectivity index (χ1) is 4.41. The van der Waals surface area contributed by atoms with Gasteiger partial charge < -0.3 is 5.73 Å². The van der Waals surface area contributed by atoms with Crippen molar-refractivity contribution in [2.75, 3.05) is 6.54 Å². The average Bonchev–Trinajstić information content (AvgIpc) is 1.89. The lowest BCUT2D eigenvalue weighted by Crippen LogP contribution is -1.97. The van der Waals surface area contributed by atoms with E-state index in [1.807, 2.05) is 0 Å². The highest BCUT2D eigenvalue weighted by Gasteiger charge is 1.85. The molecule has 0 rings (SSSR count). The predicted octanol–water partition coefficient (Wildman–Crippen LogP) is 2.94. The standard InChI is InChI=1S/C8H19N.CH4/c1-2-3-4-5-6-7-8-9;/h2-9H2,1H3;1H4. The number of hydrogen-bond donors (Lipinski definition) is 1. The van der Waals surface area contributed by atoms with E-state index in [1.165, 1.54) is 38.5 Å². The number of nitrogens with two attached hydrogens (primary N) is 1. The van der Waals surface area contributed by atoms with Crippen molar-refractivity contribution in [2.24, 2.45) is 5.73 Å². The van der Waals surface area contributed by atoms with Crippen LogP contribution in [0.4, 0.5) is 0 Å². The predicted molar refractivity (Wildman–Crippen MR) is 49.2 cm³/mol. The molecule has 0 fully saturated rings. The third kappa shape index (κ3) is 10.9. The first-order valence-electron chi connectivity index (χ1n) is 4.12. The molecule has 2 N–H and O–H groups in total. The molecule has 0 atom stereocenters. The second kappa shape index (κ2) is 11.7. The van der Waals surface area contributed by atoms with E-state index >= 15 is 0 Å². The molecule has 0 aliphatic carbocycles. The lowest BCUT2D eigenvalue weighted by Gasteiger charge is -1.96. The van der Waals surface area contributed by atoms with E-state index in [0.717, 1.165) is 6.54 Å². The van der Waals surface area contributed by atoms with Crippen LogP contribution in [0.15, 0.2) is 0 Å². The van der Waals surface area contributed by atoms with Crippen LogP contribution in [-0.2, 0) is 0 Å². The summed E-state index contributed by atoms with van der Waals surface area (Å²) in [6, 6.07) is 0. The minimum atomic E-state index is 0. The molecule has 0 amide bonds. The van der Waals surface area contributed by atoms with Crippen molar-refractivity contribution in [1.29, 1.82) is 0 Å². The summed E-state index contributed by atoms with van der Waals surface area (Å²) in [5, 5.41) is 0. The smallest absolute Gasteiger partial charge is 0.00773 e. The fourth-order valence-corrected chi connectivity index (χ4v) is 0.925. The fraction of sp³-hybridized carbons (Fsp3) is 1.00. The molecule has 1 heteroatoms. The van der Waals surface area contributed by atoms with Crippen LogP contribution in [-0.4, -0.2) is 6.54 Å². The molecule has 1 nitrogen and oxygen atoms in total. The van der Waals surface area contributed by atoms with Crippen LogP contribution in [0.3, 0.4) is 0 Å². The van der Waals surface area contributed by atoms with Gasteiger partial charge in [0.15, 0.2) is 0 Å². The lowest BCUT2D eigenvalue weighted by molar-refractivity contribution is 0.612. The Kier molecular flexibility index (Phi) is 14.8. The molecule has 0 bridgehead atoms. The molecule has 0 aliphatic rings. The Labute approximate surface area is 66.0 Å². The molecule has 0 aromatic rings. The normalized spacial score (nSPS) is 9.00. The number of unbranched alkanes of at least 4 members (excludes halogenated alkanes) is 5. The molecule has 0 radical (unpaired) electrons. The number of rotatable bonds is 6. The molecule has 0 saturated heterocycles. The second-order valence-corrected chi connectivity index (χ2v) is 2.56. The molecule has 0 heterocycles. The van der Waals surface area contributed by atoms with Gasteiger partial charge in [0, 0.05) is 0 Å². The Bertz CT molecular complexity index is 38.0. The van der Waals surface area contributed by atoms with Gasteiger partial charge in [-0.25, -0.2) is 0 Å². The minimum absolute atomic E-state index is 0. The third-order valence-electron chi connectivity index (χ3n) is 1.56. The molecule has 0 aliphatic heterocycles. The van der Waals surface area contributed by atoms with Crippen molar-refractivity contribution >= 4 is 0 Å². The maximum absolute atomic E-state index is 5.34. The summed E-state index contributed by atoms with van der Waals surface area (Å²) in [6.45, 7) is 3.11. The topological polar surface area (TPSA) is 26.0 Å². The van der Waals surface area contributed by atoms with Gasteiger partial charge in [0.2, 0.25) is 0 Å². The Morgan fingerprint density at radius 2 is 1.40 bits per heavy atom. The van der Waals surface area contributed by atoms with Crippen LogP contribution < -0.4 is 5.73 Å². The van der Waals surface area contributed by atoms with Gasteiger partial charge in [-0.2, -0.15) is 0 Å². The summed E-state index contributed by atoms with van der Waals surface area (Å²) in [7, 11) is 0. The Morgan fingerprint density at radius 1 is 0.900 bits per heavy atom. The summed E-state index contributed by atoms with van der Waals surface area (Å²) in [4.78, 5) is 0. The molecule has 10 heavy (non-hydrogen) atoms. The van der Waals surface area contributed by atoms with Gasteiger partial charge in [-0.15, -0.1) is 0 Å². The second-order valence-electron chi connectivity index (χ2n) is 2.56. The highest BCUT2D eigenvalue weighted by molar-refractivity contribution is 4.43. The molecule has 0 aromatic carbocycles. The summed E-state index contributed by atoms with van der Waals surface area (Å²) in [5.74, 6) is 0. The van der Waals surface area contributed by atoms with E-state index in [4.69, 9.17) is 5.73 Å². The zero-order valence-electron chi connectivity index (χ0n) is 6.53. The fourth-order valence-electron chi connectivity index (χ4n) is 0.925. The highest BCUT2D eigenvalue weighted by atomic mass is 14.5. The molecule has 0 aromatic heterocycles. The van der Waals surface area contributed by atoms with Crippen molar-refractivity contribution in [3.63, 3.8) is 0 Å². The van der Waals surface area contributed by atoms with E-state index in [-0.39, 0.29) is 7.43 Å². The Morgan fingerprint density at radius 3 is 1.90 bits per heavy atom. The summed E-state index contributed by atoms with van der Waals surface area (Å²) in [6.07, 6.45) is 8.05. The van der Waals surface area contributed by atoms with Gasteiger partial charge in [-0.05, 0) is 13.0 Å². The van der Waals surface area contributed by atoms with Gasteiger partial charge in [0.05, 0.1) is 0 Å². The van der Waals surface area contributed by atoms with Crippen molar-refractivity contribution in [3.05, 3.63) is 0 Å². The van der Waals surface area contributed by atoms with E-state index < -0.39 is 0 Å². The zero-order valence-corrected chi connectivity index (χ0v) is 6.53. The van der Waals surface area contributed by atoms with Gasteiger partial charge >= 0.3 is 0 Å². The monoisotopic (exact) mass is 145 g/mol. The van der Waals surface area contributed by atoms with Crippen molar-refractivity contribution < 1.29 is 0 Å². The van der Waals surface area contributed by atoms with Gasteiger partial charge in [0.25, 0.3) is 0 Å². The van der Waals surface area contributed by atoms with Crippen LogP contribution in [0.25, 0.3) is 0 Å². The molecule has 0 saturated carbocycles. The maximum Gasteiger partial charge on any atom is -0.00773 e. The van der Waals surface area contributed by atoms with Crippen LogP contribution in [0.1, 0.15) is 52.9 Å². The molecule has 0 spiro atoms. The quantitative estimate of drug-likeness (QED) is 0.571. The third-order valence-corrected chi connectivity index (χ3v) is 1.56. The SMILES string of the molecule is C.CCCCCCCCN. The number of hydrogen-bond acceptors (Lipinski definition) is 1. The first kappa shape index (κ1) is 12.6. The van der Waals surface area contributed by atoms with Crippen LogP contribution in [0, 0.1) is 0 Å². The van der Waals surface area contributed by atoms with E-state index in [1.54, 1.807) is 0 Å². The zero-order chi connectivity index (χ0) is 6.95. The van der Waals surface area contributed by atoms with Crippen molar-refractivity contribution in [2.45, 2.75) is 52.9 Å². The van der Waals surface area contributed by atoms with Gasteiger partial charge in [0.1, 0.15) is 0 Å². The minimum Gasteiger partial charge on any atom is -0.330 e. The maximum atomic E-state index is 5.34. The lowest BCUT2D eigenvalue weighted by atomic mass is 10.1. The Balaban J connectivity index is 0. The van der Waals surface area contributed by atoms with Crippen molar-refractivity contribution in [3.8, 4) is 0 Å². The van der Waals surface area contributed by atoms with Crippen LogP contribution in [0.5, 0.6) is 0 Å². The molecular weight excluding hydrogens is 122 g/mol. The summed E-state index contributed by atoms with van der Waals surface area (Å²) >= 11 is 0. The van der Waals surface area contributed by atoms with Crippen LogP contribution >= 0.6 is 0 Å². The first-order valence-corrected chi connectivity index (χ1v) is 4.12. The summed E-state index contributed by atoms with van der Waals surface area (Å²) in [5.41, 5.74) is 5.34. The van der Waals surface area contributed by atoms with Crippen LogP contribution in [0.2, 0.25) is 0 Å². The van der Waals surface area contributed by atoms with Gasteiger partial charge in [-0.3, -0.25) is 0 Å². The highest BCUT2D eigenvalue weighted by Crippen LogP contribution is 2.03. The molecule has 64 valence electrons. The average molecular weight is 145 g/mol. The van der Waals surface area contributed by atoms with E-state index in [9.17, 15) is 0 Å². The van der Waals surface area contributed by atoms with Gasteiger partial charge in [-0.1, -0.05) is 46.5 Å². The van der Waals surface area contributed by atoms with Crippen molar-refractivity contribution in [1.82, 2.24) is 0 Å². The Hall–Kier alpha value is -0.0400. The summed E-state index contributed by atoms with van der Waals surface area (Å²) < 4.78 is 0. The van der Waals surface area contributed by atoms with E-state index in [2.05, 4.69) is 6.92 Å². The largest absolute Gasteiger partial charge is 0.330 e. The molecular formula is C9H23N. The molecule has 0 unspecified atom stereocenters.